The lowest BCUT2D eigenvalue weighted by molar-refractivity contribution is -0.134. The van der Waals surface area contributed by atoms with E-state index in [2.05, 4.69) is 15.5 Å². The lowest BCUT2D eigenvalue weighted by Gasteiger charge is -2.22. The Labute approximate surface area is 109 Å². The molecule has 1 fully saturated rings. The van der Waals surface area contributed by atoms with E-state index in [4.69, 9.17) is 5.73 Å². The van der Waals surface area contributed by atoms with Crippen molar-refractivity contribution in [1.29, 1.82) is 0 Å². The number of nitrogens with zero attached hydrogens (tertiary/aromatic N) is 2. The average Bonchev–Trinajstić information content (AvgIpc) is 2.41. The molecule has 2 aromatic rings. The molecule has 96 valence electrons. The van der Waals surface area contributed by atoms with Crippen LogP contribution < -0.4 is 11.1 Å². The van der Waals surface area contributed by atoms with Crippen LogP contribution in [-0.2, 0) is 9.59 Å². The Morgan fingerprint density at radius 2 is 1.89 bits per heavy atom. The first-order valence-corrected chi connectivity index (χ1v) is 5.99. The summed E-state index contributed by atoms with van der Waals surface area (Å²) in [5, 5.41) is 11.6. The molecule has 6 nitrogen and oxygen atoms in total. The second kappa shape index (κ2) is 4.31. The molecule has 6 heteroatoms. The summed E-state index contributed by atoms with van der Waals surface area (Å²) in [4.78, 5) is 23.1. The number of hydrogen-bond donors (Lipinski definition) is 2. The van der Waals surface area contributed by atoms with Gasteiger partial charge >= 0.3 is 0 Å². The minimum atomic E-state index is -0.343. The van der Waals surface area contributed by atoms with Gasteiger partial charge in [0.05, 0.1) is 18.3 Å². The molecular formula is C13H12N4O2. The van der Waals surface area contributed by atoms with E-state index in [0.717, 1.165) is 16.3 Å². The Morgan fingerprint density at radius 1 is 1.16 bits per heavy atom. The fraction of sp³-hybridized carbons (Fsp3) is 0.231. The highest BCUT2D eigenvalue weighted by Crippen LogP contribution is 2.32. The monoisotopic (exact) mass is 256 g/mol. The van der Waals surface area contributed by atoms with Gasteiger partial charge in [0.15, 0.2) is 0 Å². The Morgan fingerprint density at radius 3 is 2.63 bits per heavy atom. The molecule has 3 N–H and O–H groups in total. The molecule has 1 atom stereocenters. The third-order valence-corrected chi connectivity index (χ3v) is 3.41. The van der Waals surface area contributed by atoms with Crippen LogP contribution in [-0.4, -0.2) is 22.0 Å². The molecule has 19 heavy (non-hydrogen) atoms. The molecule has 1 unspecified atom stereocenters. The van der Waals surface area contributed by atoms with E-state index < -0.39 is 0 Å². The zero-order chi connectivity index (χ0) is 13.4. The van der Waals surface area contributed by atoms with Crippen molar-refractivity contribution in [2.45, 2.75) is 18.8 Å². The fourth-order valence-corrected chi connectivity index (χ4v) is 2.43. The van der Waals surface area contributed by atoms with E-state index in [9.17, 15) is 9.59 Å². The molecule has 0 spiro atoms. The van der Waals surface area contributed by atoms with Crippen molar-refractivity contribution in [1.82, 2.24) is 15.5 Å². The third kappa shape index (κ3) is 1.91. The van der Waals surface area contributed by atoms with Gasteiger partial charge in [-0.15, -0.1) is 0 Å². The van der Waals surface area contributed by atoms with Crippen molar-refractivity contribution in [2.24, 2.45) is 0 Å². The number of imide groups is 1. The van der Waals surface area contributed by atoms with E-state index in [1.165, 1.54) is 0 Å². The molecule has 3 rings (SSSR count). The van der Waals surface area contributed by atoms with Crippen molar-refractivity contribution in [2.75, 3.05) is 5.73 Å². The van der Waals surface area contributed by atoms with Gasteiger partial charge in [-0.1, -0.05) is 6.07 Å². The van der Waals surface area contributed by atoms with Crippen molar-refractivity contribution in [3.63, 3.8) is 0 Å². The van der Waals surface area contributed by atoms with Crippen LogP contribution in [0.5, 0.6) is 0 Å². The van der Waals surface area contributed by atoms with Crippen LogP contribution in [0.3, 0.4) is 0 Å². The van der Waals surface area contributed by atoms with Crippen LogP contribution in [0.25, 0.3) is 10.8 Å². The fourth-order valence-electron chi connectivity index (χ4n) is 2.43. The topological polar surface area (TPSA) is 98.0 Å². The zero-order valence-corrected chi connectivity index (χ0v) is 10.1. The summed E-state index contributed by atoms with van der Waals surface area (Å²) in [6, 6.07) is 3.57. The third-order valence-electron chi connectivity index (χ3n) is 3.41. The maximum atomic E-state index is 11.9. The Bertz CT molecular complexity index is 683. The summed E-state index contributed by atoms with van der Waals surface area (Å²) in [7, 11) is 0. The van der Waals surface area contributed by atoms with Crippen LogP contribution in [0.2, 0.25) is 0 Å². The molecule has 0 radical (unpaired) electrons. The molecule has 1 aromatic carbocycles. The molecule has 2 amide bonds. The molecule has 2 heterocycles. The number of hydrogen-bond acceptors (Lipinski definition) is 5. The minimum absolute atomic E-state index is 0.221. The van der Waals surface area contributed by atoms with E-state index >= 15 is 0 Å². The number of piperidine rings is 1. The van der Waals surface area contributed by atoms with Crippen LogP contribution in [0.1, 0.15) is 24.3 Å². The van der Waals surface area contributed by atoms with Crippen LogP contribution in [0.15, 0.2) is 24.5 Å². The predicted molar refractivity (Wildman–Crippen MR) is 69.1 cm³/mol. The number of anilines is 1. The summed E-state index contributed by atoms with van der Waals surface area (Å²) < 4.78 is 0. The van der Waals surface area contributed by atoms with Crippen LogP contribution in [0, 0.1) is 0 Å². The SMILES string of the molecule is Nc1ccc(C2CCC(=O)NC2=O)c2cnncc12. The van der Waals surface area contributed by atoms with Crippen LogP contribution >= 0.6 is 0 Å². The number of fused-ring (bicyclic) bond motifs is 1. The number of benzene rings is 1. The van der Waals surface area contributed by atoms with Gasteiger partial charge in [0.25, 0.3) is 0 Å². The highest BCUT2D eigenvalue weighted by molar-refractivity contribution is 6.04. The number of carbonyl (C=O) groups excluding carboxylic acids is 2. The summed E-state index contributed by atoms with van der Waals surface area (Å²) >= 11 is 0. The van der Waals surface area contributed by atoms with E-state index in [1.54, 1.807) is 18.5 Å². The van der Waals surface area contributed by atoms with Gasteiger partial charge in [0, 0.05) is 22.9 Å². The largest absolute Gasteiger partial charge is 0.398 e. The molecule has 0 aliphatic carbocycles. The highest BCUT2D eigenvalue weighted by Gasteiger charge is 2.29. The standard InChI is InChI=1S/C13H12N4O2/c14-11-3-1-7(9-5-15-16-6-10(9)11)8-2-4-12(18)17-13(8)19/h1,3,5-6,8H,2,4,14H2,(H,17,18,19). The number of nitrogen functional groups attached to an aromatic ring is 1. The van der Waals surface area contributed by atoms with Gasteiger partial charge < -0.3 is 5.73 Å². The molecular weight excluding hydrogens is 244 g/mol. The molecule has 1 aromatic heterocycles. The molecule has 0 saturated carbocycles. The summed E-state index contributed by atoms with van der Waals surface area (Å²) in [6.07, 6.45) is 4.04. The van der Waals surface area contributed by atoms with Crippen molar-refractivity contribution in [3.8, 4) is 0 Å². The molecule has 1 aliphatic rings. The predicted octanol–water partition coefficient (Wildman–Crippen LogP) is 0.732. The Hall–Kier alpha value is -2.50. The normalized spacial score (nSPS) is 19.5. The quantitative estimate of drug-likeness (QED) is 0.579. The second-order valence-electron chi connectivity index (χ2n) is 4.56. The first-order chi connectivity index (χ1) is 9.16. The van der Waals surface area contributed by atoms with Gasteiger partial charge in [-0.3, -0.25) is 14.9 Å². The van der Waals surface area contributed by atoms with Crippen molar-refractivity contribution >= 4 is 28.3 Å². The number of amides is 2. The first kappa shape index (κ1) is 11.6. The van der Waals surface area contributed by atoms with Gasteiger partial charge in [-0.05, 0) is 18.1 Å². The highest BCUT2D eigenvalue weighted by atomic mass is 16.2. The molecule has 1 saturated heterocycles. The first-order valence-electron chi connectivity index (χ1n) is 5.99. The summed E-state index contributed by atoms with van der Waals surface area (Å²) in [5.41, 5.74) is 7.32. The average molecular weight is 256 g/mol. The number of aromatic nitrogens is 2. The Kier molecular flexibility index (Phi) is 2.63. The van der Waals surface area contributed by atoms with E-state index in [-0.39, 0.29) is 17.7 Å². The zero-order valence-electron chi connectivity index (χ0n) is 10.1. The number of rotatable bonds is 1. The van der Waals surface area contributed by atoms with E-state index in [1.807, 2.05) is 6.07 Å². The van der Waals surface area contributed by atoms with Gasteiger partial charge in [0.1, 0.15) is 0 Å². The van der Waals surface area contributed by atoms with Gasteiger partial charge in [-0.2, -0.15) is 10.2 Å². The number of carbonyl (C=O) groups is 2. The summed E-state index contributed by atoms with van der Waals surface area (Å²) in [6.45, 7) is 0. The maximum absolute atomic E-state index is 11.9. The lowest BCUT2D eigenvalue weighted by atomic mass is 9.87. The second-order valence-corrected chi connectivity index (χ2v) is 4.56. The lowest BCUT2D eigenvalue weighted by Crippen LogP contribution is -2.39. The van der Waals surface area contributed by atoms with Crippen molar-refractivity contribution in [3.05, 3.63) is 30.1 Å². The van der Waals surface area contributed by atoms with Gasteiger partial charge in [0.2, 0.25) is 11.8 Å². The minimum Gasteiger partial charge on any atom is -0.398 e. The van der Waals surface area contributed by atoms with Crippen molar-refractivity contribution < 1.29 is 9.59 Å². The van der Waals surface area contributed by atoms with Crippen LogP contribution in [0.4, 0.5) is 5.69 Å². The van der Waals surface area contributed by atoms with E-state index in [0.29, 0.717) is 18.5 Å². The number of nitrogens with one attached hydrogen (secondary N) is 1. The summed E-state index contributed by atoms with van der Waals surface area (Å²) in [5.74, 6) is -0.829. The maximum Gasteiger partial charge on any atom is 0.234 e. The number of nitrogens with two attached hydrogens (primary N) is 1. The van der Waals surface area contributed by atoms with Gasteiger partial charge in [-0.25, -0.2) is 0 Å². The molecule has 0 bridgehead atoms. The molecule has 1 aliphatic heterocycles. The smallest absolute Gasteiger partial charge is 0.234 e. The Balaban J connectivity index is 2.13.